The fourth-order valence-electron chi connectivity index (χ4n) is 11.6. The van der Waals surface area contributed by atoms with E-state index in [0.717, 1.165) is 60.8 Å². The van der Waals surface area contributed by atoms with Crippen LogP contribution in [0.4, 0.5) is 0 Å². The monoisotopic (exact) mass is 941 g/mol. The molecule has 0 saturated carbocycles. The Bertz CT molecular complexity index is 4630. The summed E-state index contributed by atoms with van der Waals surface area (Å²) in [5.41, 5.74) is 14.3. The summed E-state index contributed by atoms with van der Waals surface area (Å²) < 4.78 is 4.67. The van der Waals surface area contributed by atoms with Crippen molar-refractivity contribution in [2.24, 2.45) is 0 Å². The van der Waals surface area contributed by atoms with Crippen LogP contribution in [0.3, 0.4) is 0 Å². The van der Waals surface area contributed by atoms with Crippen molar-refractivity contribution in [2.45, 2.75) is 0 Å². The largest absolute Gasteiger partial charge is 0.309 e. The highest BCUT2D eigenvalue weighted by atomic mass is 15.2. The molecule has 0 N–H and O–H groups in total. The van der Waals surface area contributed by atoms with Crippen molar-refractivity contribution in [3.8, 4) is 67.8 Å². The van der Waals surface area contributed by atoms with Gasteiger partial charge < -0.3 is 4.57 Å². The normalized spacial score (nSPS) is 11.8. The van der Waals surface area contributed by atoms with Crippen LogP contribution in [0.2, 0.25) is 0 Å². The SMILES string of the molecule is c1ccc(-c2nc(-c3ccccc3)nc(-n3c4ccccc4c4c3ccc3c5ccccc5n(-c5cccc(-c6cccc(-c7cccc(-c8ccc9c%10ccccc%10c%10ccccc%10c9c8)c7)c6)c5)c34)n2)cc1. The van der Waals surface area contributed by atoms with E-state index in [4.69, 9.17) is 15.0 Å². The maximum absolute atomic E-state index is 5.23. The first-order valence-electron chi connectivity index (χ1n) is 25.2. The number of benzene rings is 12. The summed E-state index contributed by atoms with van der Waals surface area (Å²) >= 11 is 0. The molecule has 15 aromatic rings. The van der Waals surface area contributed by atoms with Crippen LogP contribution in [-0.2, 0) is 0 Å². The summed E-state index contributed by atoms with van der Waals surface area (Å²) in [5.74, 6) is 1.81. The zero-order valence-electron chi connectivity index (χ0n) is 40.1. The molecule has 344 valence electrons. The van der Waals surface area contributed by atoms with Crippen LogP contribution in [-0.4, -0.2) is 24.1 Å². The number of fused-ring (bicyclic) bond motifs is 13. The van der Waals surface area contributed by atoms with E-state index in [2.05, 4.69) is 234 Å². The van der Waals surface area contributed by atoms with Crippen LogP contribution in [0.25, 0.3) is 144 Å². The van der Waals surface area contributed by atoms with E-state index in [-0.39, 0.29) is 0 Å². The predicted molar refractivity (Wildman–Crippen MR) is 308 cm³/mol. The Morgan fingerprint density at radius 2 is 0.649 bits per heavy atom. The van der Waals surface area contributed by atoms with Crippen molar-refractivity contribution >= 4 is 75.9 Å². The average molecular weight is 942 g/mol. The number of hydrogen-bond acceptors (Lipinski definition) is 3. The van der Waals surface area contributed by atoms with Crippen LogP contribution < -0.4 is 0 Å². The molecule has 74 heavy (non-hydrogen) atoms. The first-order chi connectivity index (χ1) is 36.7. The molecule has 5 nitrogen and oxygen atoms in total. The highest BCUT2D eigenvalue weighted by molar-refractivity contribution is 6.27. The molecule has 12 aromatic carbocycles. The van der Waals surface area contributed by atoms with Crippen LogP contribution in [0, 0.1) is 0 Å². The van der Waals surface area contributed by atoms with E-state index in [1.54, 1.807) is 0 Å². The van der Waals surface area contributed by atoms with Crippen LogP contribution in [0.1, 0.15) is 0 Å². The summed E-state index contributed by atoms with van der Waals surface area (Å²) in [6.07, 6.45) is 0. The molecule has 0 saturated heterocycles. The smallest absolute Gasteiger partial charge is 0.238 e. The van der Waals surface area contributed by atoms with Gasteiger partial charge in [0.1, 0.15) is 0 Å². The second kappa shape index (κ2) is 16.8. The Morgan fingerprint density at radius 1 is 0.230 bits per heavy atom. The molecule has 0 bridgehead atoms. The first kappa shape index (κ1) is 41.8. The molecule has 0 unspecified atom stereocenters. The number of hydrogen-bond donors (Lipinski definition) is 0. The van der Waals surface area contributed by atoms with Crippen molar-refractivity contribution in [3.63, 3.8) is 0 Å². The Labute approximate surface area is 426 Å². The molecule has 0 aliphatic heterocycles. The van der Waals surface area contributed by atoms with Crippen molar-refractivity contribution in [1.29, 1.82) is 0 Å². The molecule has 0 aliphatic carbocycles. The summed E-state index contributed by atoms with van der Waals surface area (Å²) in [5, 5.41) is 12.3. The van der Waals surface area contributed by atoms with Crippen molar-refractivity contribution < 1.29 is 0 Å². The second-order valence-corrected chi connectivity index (χ2v) is 19.1. The van der Waals surface area contributed by atoms with Gasteiger partial charge in [-0.3, -0.25) is 4.57 Å². The molecule has 15 rings (SSSR count). The van der Waals surface area contributed by atoms with Crippen LogP contribution >= 0.6 is 0 Å². The third kappa shape index (κ3) is 6.68. The van der Waals surface area contributed by atoms with Crippen molar-refractivity contribution in [1.82, 2.24) is 24.1 Å². The molecule has 0 radical (unpaired) electrons. The lowest BCUT2D eigenvalue weighted by Gasteiger charge is -2.13. The van der Waals surface area contributed by atoms with Gasteiger partial charge in [-0.15, -0.1) is 0 Å². The maximum Gasteiger partial charge on any atom is 0.238 e. The average Bonchev–Trinajstić information content (AvgIpc) is 4.03. The molecule has 3 heterocycles. The second-order valence-electron chi connectivity index (χ2n) is 19.1. The molecule has 0 spiro atoms. The lowest BCUT2D eigenvalue weighted by Crippen LogP contribution is -2.06. The first-order valence-corrected chi connectivity index (χ1v) is 25.2. The van der Waals surface area contributed by atoms with Crippen molar-refractivity contribution in [3.05, 3.63) is 261 Å². The standard InChI is InChI=1S/C69H43N5/c1-3-18-44(19-4-1)67-70-68(45-20-5-2-6-21-45)72-69(71-67)74-63-35-14-12-33-60(63)65-64(74)39-38-59-58-32-11-13-34-62(58)73(66(59)65)52-27-17-26-50(42-52)48-24-15-22-46(40-48)47-23-16-25-49(41-47)51-36-37-57-55-30-8-7-28-53(55)54-29-9-10-31-56(54)61(57)43-51/h1-43H. The molecular weight excluding hydrogens is 899 g/mol. The zero-order valence-corrected chi connectivity index (χ0v) is 40.1. The topological polar surface area (TPSA) is 48.5 Å². The van der Waals surface area contributed by atoms with Gasteiger partial charge in [0.25, 0.3) is 0 Å². The van der Waals surface area contributed by atoms with Crippen LogP contribution in [0.15, 0.2) is 261 Å². The van der Waals surface area contributed by atoms with Gasteiger partial charge in [0.15, 0.2) is 11.6 Å². The summed E-state index contributed by atoms with van der Waals surface area (Å²) in [6.45, 7) is 0. The summed E-state index contributed by atoms with van der Waals surface area (Å²) in [4.78, 5) is 15.5. The fourth-order valence-corrected chi connectivity index (χ4v) is 11.6. The van der Waals surface area contributed by atoms with Gasteiger partial charge in [0.05, 0.1) is 22.1 Å². The number of para-hydroxylation sites is 2. The molecule has 0 amide bonds. The summed E-state index contributed by atoms with van der Waals surface area (Å²) in [7, 11) is 0. The van der Waals surface area contributed by atoms with Gasteiger partial charge in [0.2, 0.25) is 5.95 Å². The van der Waals surface area contributed by atoms with Gasteiger partial charge in [-0.2, -0.15) is 9.97 Å². The number of nitrogens with zero attached hydrogens (tertiary/aromatic N) is 5. The Kier molecular flexibility index (Phi) is 9.50. The third-order valence-corrected chi connectivity index (χ3v) is 14.9. The van der Waals surface area contributed by atoms with Gasteiger partial charge in [-0.25, -0.2) is 4.98 Å². The van der Waals surface area contributed by atoms with Crippen LogP contribution in [0.5, 0.6) is 0 Å². The Balaban J connectivity index is 0.866. The third-order valence-electron chi connectivity index (χ3n) is 14.9. The predicted octanol–water partition coefficient (Wildman–Crippen LogP) is 17.9. The quantitative estimate of drug-likeness (QED) is 0.150. The van der Waals surface area contributed by atoms with E-state index < -0.39 is 0 Å². The summed E-state index contributed by atoms with van der Waals surface area (Å²) in [6, 6.07) is 93.7. The fraction of sp³-hybridized carbons (Fsp3) is 0. The lowest BCUT2D eigenvalue weighted by atomic mass is 9.91. The molecule has 0 aliphatic rings. The van der Waals surface area contributed by atoms with E-state index in [1.165, 1.54) is 65.3 Å². The van der Waals surface area contributed by atoms with E-state index >= 15 is 0 Å². The minimum Gasteiger partial charge on any atom is -0.309 e. The highest BCUT2D eigenvalue weighted by Gasteiger charge is 2.23. The Morgan fingerprint density at radius 3 is 1.23 bits per heavy atom. The van der Waals surface area contributed by atoms with E-state index in [1.807, 2.05) is 36.4 Å². The molecule has 0 fully saturated rings. The molecule has 3 aromatic heterocycles. The minimum absolute atomic E-state index is 0.568. The van der Waals surface area contributed by atoms with Gasteiger partial charge in [-0.1, -0.05) is 212 Å². The van der Waals surface area contributed by atoms with Gasteiger partial charge >= 0.3 is 0 Å². The maximum atomic E-state index is 5.23. The lowest BCUT2D eigenvalue weighted by molar-refractivity contribution is 0.953. The highest BCUT2D eigenvalue weighted by Crippen LogP contribution is 2.43. The number of aromatic nitrogens is 5. The van der Waals surface area contributed by atoms with E-state index in [0.29, 0.717) is 17.6 Å². The molecular formula is C69H43N5. The number of rotatable bonds is 7. The molecule has 0 atom stereocenters. The Hall–Kier alpha value is -9.97. The van der Waals surface area contributed by atoms with E-state index in [9.17, 15) is 0 Å². The minimum atomic E-state index is 0.568. The zero-order chi connectivity index (χ0) is 48.7. The molecule has 5 heteroatoms. The van der Waals surface area contributed by atoms with Gasteiger partial charge in [0, 0.05) is 38.4 Å². The van der Waals surface area contributed by atoms with Gasteiger partial charge in [-0.05, 0) is 114 Å². The van der Waals surface area contributed by atoms with Crippen molar-refractivity contribution in [2.75, 3.05) is 0 Å².